The van der Waals surface area contributed by atoms with Crippen LogP contribution in [0.25, 0.3) is 16.5 Å². The fourth-order valence-electron chi connectivity index (χ4n) is 4.49. The van der Waals surface area contributed by atoms with Gasteiger partial charge in [0.15, 0.2) is 0 Å². The molecule has 1 aliphatic rings. The van der Waals surface area contributed by atoms with E-state index in [-0.39, 0.29) is 29.9 Å². The predicted molar refractivity (Wildman–Crippen MR) is 121 cm³/mol. The van der Waals surface area contributed by atoms with E-state index in [2.05, 4.69) is 5.10 Å². The normalized spacial score (nSPS) is 16.3. The average molecular weight is 437 g/mol. The molecule has 0 unspecified atom stereocenters. The number of hydrogen-bond donors (Lipinski definition) is 0. The Labute approximate surface area is 186 Å². The summed E-state index contributed by atoms with van der Waals surface area (Å²) in [6, 6.07) is 9.27. The molecule has 0 radical (unpaired) electrons. The van der Waals surface area contributed by atoms with Gasteiger partial charge in [-0.05, 0) is 45.7 Å². The number of piperidine rings is 1. The van der Waals surface area contributed by atoms with Crippen LogP contribution in [0.4, 0.5) is 0 Å². The van der Waals surface area contributed by atoms with Gasteiger partial charge >= 0.3 is 5.97 Å². The van der Waals surface area contributed by atoms with E-state index in [4.69, 9.17) is 4.74 Å². The van der Waals surface area contributed by atoms with Crippen LogP contribution >= 0.6 is 0 Å². The second-order valence-electron chi connectivity index (χ2n) is 8.17. The third-order valence-electron chi connectivity index (χ3n) is 6.23. The van der Waals surface area contributed by atoms with Crippen molar-refractivity contribution >= 4 is 22.6 Å². The lowest BCUT2D eigenvalue weighted by Crippen LogP contribution is -2.44. The molecule has 0 spiro atoms. The number of likely N-dealkylation sites (tertiary alicyclic amines) is 1. The van der Waals surface area contributed by atoms with Gasteiger partial charge in [0, 0.05) is 29.9 Å². The van der Waals surface area contributed by atoms with Crippen LogP contribution in [0, 0.1) is 19.8 Å². The van der Waals surface area contributed by atoms with E-state index in [9.17, 15) is 14.4 Å². The van der Waals surface area contributed by atoms with Crippen molar-refractivity contribution in [2.75, 3.05) is 19.7 Å². The largest absolute Gasteiger partial charge is 0.466 e. The van der Waals surface area contributed by atoms with Gasteiger partial charge in [-0.3, -0.25) is 14.4 Å². The topological polar surface area (TPSA) is 86.4 Å². The minimum atomic E-state index is -0.277. The highest BCUT2D eigenvalue weighted by Crippen LogP contribution is 2.24. The van der Waals surface area contributed by atoms with Gasteiger partial charge in [-0.1, -0.05) is 18.2 Å². The van der Waals surface area contributed by atoms with E-state index in [1.54, 1.807) is 18.0 Å². The van der Waals surface area contributed by atoms with E-state index in [1.807, 2.05) is 48.7 Å². The zero-order valence-corrected chi connectivity index (χ0v) is 18.7. The van der Waals surface area contributed by atoms with Crippen LogP contribution in [0.3, 0.4) is 0 Å². The number of nitrogens with zero attached hydrogens (tertiary/aromatic N) is 4. The molecule has 0 bridgehead atoms. The quantitative estimate of drug-likeness (QED) is 0.574. The maximum Gasteiger partial charge on any atom is 0.310 e. The number of aromatic nitrogens is 3. The van der Waals surface area contributed by atoms with Gasteiger partial charge in [-0.25, -0.2) is 0 Å². The zero-order chi connectivity index (χ0) is 22.8. The van der Waals surface area contributed by atoms with Crippen LogP contribution in [0.5, 0.6) is 0 Å². The highest BCUT2D eigenvalue weighted by molar-refractivity contribution is 5.88. The molecule has 168 valence electrons. The molecule has 3 heterocycles. The molecular weight excluding hydrogens is 408 g/mol. The highest BCUT2D eigenvalue weighted by Gasteiger charge is 2.30. The summed E-state index contributed by atoms with van der Waals surface area (Å²) in [5.41, 5.74) is 2.05. The molecule has 1 aliphatic heterocycles. The molecule has 1 amide bonds. The molecule has 8 nitrogen and oxygen atoms in total. The molecule has 0 saturated carbocycles. The summed E-state index contributed by atoms with van der Waals surface area (Å²) in [4.78, 5) is 40.2. The van der Waals surface area contributed by atoms with Gasteiger partial charge in [0.05, 0.1) is 29.8 Å². The van der Waals surface area contributed by atoms with Crippen molar-refractivity contribution in [3.8, 4) is 5.69 Å². The average Bonchev–Trinajstić information content (AvgIpc) is 3.05. The van der Waals surface area contributed by atoms with Crippen molar-refractivity contribution in [3.63, 3.8) is 0 Å². The van der Waals surface area contributed by atoms with E-state index in [0.29, 0.717) is 30.8 Å². The third-order valence-corrected chi connectivity index (χ3v) is 6.23. The zero-order valence-electron chi connectivity index (χ0n) is 18.7. The minimum absolute atomic E-state index is 0.0677. The second kappa shape index (κ2) is 8.98. The SMILES string of the molecule is CCOC(=O)[C@H]1CCCN(C(=O)Cn2c(C)c3cnn(-c4ccccc4)c(=O)c3c2C)C1. The number of aryl methyl sites for hydroxylation is 2. The summed E-state index contributed by atoms with van der Waals surface area (Å²) in [6.45, 7) is 6.99. The summed E-state index contributed by atoms with van der Waals surface area (Å²) in [7, 11) is 0. The Hall–Kier alpha value is -3.42. The maximum absolute atomic E-state index is 13.2. The van der Waals surface area contributed by atoms with E-state index in [1.165, 1.54) is 4.68 Å². The molecular formula is C24H28N4O4. The molecule has 8 heteroatoms. The van der Waals surface area contributed by atoms with Gasteiger partial charge in [0.1, 0.15) is 6.54 Å². The van der Waals surface area contributed by atoms with Crippen molar-refractivity contribution < 1.29 is 14.3 Å². The standard InChI is InChI=1S/C24H28N4O4/c1-4-32-24(31)18-9-8-12-26(14-18)21(29)15-27-16(2)20-13-25-28(19-10-6-5-7-11-19)23(30)22(20)17(27)3/h5-7,10-11,13,18H,4,8-9,12,14-15H2,1-3H3/t18-/m0/s1. The van der Waals surface area contributed by atoms with Gasteiger partial charge in [0.2, 0.25) is 5.91 Å². The molecule has 0 aliphatic carbocycles. The van der Waals surface area contributed by atoms with Crippen molar-refractivity contribution in [3.05, 3.63) is 58.3 Å². The van der Waals surface area contributed by atoms with Crippen molar-refractivity contribution in [1.82, 2.24) is 19.2 Å². The molecule has 3 aromatic rings. The van der Waals surface area contributed by atoms with Crippen molar-refractivity contribution in [1.29, 1.82) is 0 Å². The molecule has 1 fully saturated rings. The summed E-state index contributed by atoms with van der Waals surface area (Å²) in [5.74, 6) is -0.584. The number of fused-ring (bicyclic) bond motifs is 1. The van der Waals surface area contributed by atoms with E-state index in [0.717, 1.165) is 29.6 Å². The summed E-state index contributed by atoms with van der Waals surface area (Å²) in [6.07, 6.45) is 3.19. The van der Waals surface area contributed by atoms with Gasteiger partial charge in [-0.15, -0.1) is 0 Å². The summed E-state index contributed by atoms with van der Waals surface area (Å²) >= 11 is 0. The van der Waals surface area contributed by atoms with Gasteiger partial charge < -0.3 is 14.2 Å². The number of para-hydroxylation sites is 1. The Morgan fingerprint density at radius 3 is 2.62 bits per heavy atom. The molecule has 1 saturated heterocycles. The molecule has 0 N–H and O–H groups in total. The van der Waals surface area contributed by atoms with Gasteiger partial charge in [0.25, 0.3) is 5.56 Å². The van der Waals surface area contributed by atoms with Crippen LogP contribution < -0.4 is 5.56 Å². The van der Waals surface area contributed by atoms with Crippen molar-refractivity contribution in [2.24, 2.45) is 5.92 Å². The van der Waals surface area contributed by atoms with Crippen LogP contribution in [0.15, 0.2) is 41.3 Å². The van der Waals surface area contributed by atoms with Gasteiger partial charge in [-0.2, -0.15) is 9.78 Å². The molecule has 1 aromatic carbocycles. The van der Waals surface area contributed by atoms with Crippen LogP contribution in [-0.2, 0) is 20.9 Å². The number of benzene rings is 1. The summed E-state index contributed by atoms with van der Waals surface area (Å²) < 4.78 is 8.40. The Kier molecular flexibility index (Phi) is 6.12. The van der Waals surface area contributed by atoms with Crippen LogP contribution in [-0.4, -0.2) is 50.8 Å². The Morgan fingerprint density at radius 2 is 1.91 bits per heavy atom. The number of carbonyl (C=O) groups excluding carboxylic acids is 2. The predicted octanol–water partition coefficient (Wildman–Crippen LogP) is 2.61. The first-order valence-electron chi connectivity index (χ1n) is 11.0. The van der Waals surface area contributed by atoms with Crippen LogP contribution in [0.1, 0.15) is 31.2 Å². The Bertz CT molecular complexity index is 1210. The van der Waals surface area contributed by atoms with E-state index < -0.39 is 0 Å². The fraction of sp³-hybridized carbons (Fsp3) is 0.417. The monoisotopic (exact) mass is 436 g/mol. The fourth-order valence-corrected chi connectivity index (χ4v) is 4.49. The van der Waals surface area contributed by atoms with Crippen LogP contribution in [0.2, 0.25) is 0 Å². The smallest absolute Gasteiger partial charge is 0.310 e. The number of hydrogen-bond acceptors (Lipinski definition) is 5. The Morgan fingerprint density at radius 1 is 1.16 bits per heavy atom. The molecule has 1 atom stereocenters. The number of ether oxygens (including phenoxy) is 1. The summed E-state index contributed by atoms with van der Waals surface area (Å²) in [5, 5.41) is 5.66. The lowest BCUT2D eigenvalue weighted by molar-refractivity contribution is -0.151. The number of rotatable bonds is 5. The number of amides is 1. The lowest BCUT2D eigenvalue weighted by atomic mass is 9.98. The first-order valence-corrected chi connectivity index (χ1v) is 11.0. The first kappa shape index (κ1) is 21.8. The number of carbonyl (C=O) groups is 2. The second-order valence-corrected chi connectivity index (χ2v) is 8.17. The highest BCUT2D eigenvalue weighted by atomic mass is 16.5. The molecule has 32 heavy (non-hydrogen) atoms. The minimum Gasteiger partial charge on any atom is -0.466 e. The number of esters is 1. The Balaban J connectivity index is 1.62. The third kappa shape index (κ3) is 3.92. The lowest BCUT2D eigenvalue weighted by Gasteiger charge is -2.32. The maximum atomic E-state index is 13.2. The van der Waals surface area contributed by atoms with Crippen molar-refractivity contribution in [2.45, 2.75) is 40.2 Å². The van der Waals surface area contributed by atoms with E-state index >= 15 is 0 Å². The molecule has 2 aromatic heterocycles. The molecule has 4 rings (SSSR count). The first-order chi connectivity index (χ1) is 15.4.